The molecule has 0 saturated carbocycles. The fourth-order valence-electron chi connectivity index (χ4n) is 4.34. The van der Waals surface area contributed by atoms with Gasteiger partial charge in [0.2, 0.25) is 5.91 Å². The van der Waals surface area contributed by atoms with Crippen molar-refractivity contribution in [3.8, 4) is 0 Å². The van der Waals surface area contributed by atoms with E-state index >= 15 is 0 Å². The average Bonchev–Trinajstić information content (AvgIpc) is 3.38. The third-order valence-corrected chi connectivity index (χ3v) is 5.70. The van der Waals surface area contributed by atoms with Crippen LogP contribution in [0.5, 0.6) is 0 Å². The normalized spacial score (nSPS) is 25.9. The predicted octanol–water partition coefficient (Wildman–Crippen LogP) is 2.46. The first-order valence-corrected chi connectivity index (χ1v) is 9.75. The minimum absolute atomic E-state index is 0. The molecule has 1 aromatic rings. The van der Waals surface area contributed by atoms with Gasteiger partial charge in [0.1, 0.15) is 0 Å². The third kappa shape index (κ3) is 4.56. The Morgan fingerprint density at radius 2 is 2.19 bits per heavy atom. The average molecular weight is 484 g/mol. The molecular weight excluding hydrogens is 455 g/mol. The summed E-state index contributed by atoms with van der Waals surface area (Å²) in [7, 11) is 1.79. The SMILES string of the molecule is CN=C(NCCCC(=O)N1CCc2ccccc21)NC1CC2CCC1O2.I. The molecule has 3 atom stereocenters. The van der Waals surface area contributed by atoms with E-state index in [9.17, 15) is 4.79 Å². The number of amides is 1. The Kier molecular flexibility index (Phi) is 6.97. The highest BCUT2D eigenvalue weighted by molar-refractivity contribution is 14.0. The van der Waals surface area contributed by atoms with Crippen molar-refractivity contribution >= 4 is 41.5 Å². The molecule has 2 N–H and O–H groups in total. The van der Waals surface area contributed by atoms with Gasteiger partial charge < -0.3 is 20.3 Å². The number of hydrogen-bond donors (Lipinski definition) is 2. The number of nitrogens with one attached hydrogen (secondary N) is 2. The quantitative estimate of drug-likeness (QED) is 0.292. The Balaban J connectivity index is 0.00000210. The maximum Gasteiger partial charge on any atom is 0.227 e. The summed E-state index contributed by atoms with van der Waals surface area (Å²) in [5, 5.41) is 6.81. The molecule has 4 rings (SSSR count). The van der Waals surface area contributed by atoms with Gasteiger partial charge in [-0.1, -0.05) is 18.2 Å². The topological polar surface area (TPSA) is 66.0 Å². The van der Waals surface area contributed by atoms with E-state index in [1.54, 1.807) is 7.05 Å². The smallest absolute Gasteiger partial charge is 0.227 e. The van der Waals surface area contributed by atoms with Crippen molar-refractivity contribution in [3.63, 3.8) is 0 Å². The molecule has 0 spiro atoms. The van der Waals surface area contributed by atoms with Crippen LogP contribution in [0.2, 0.25) is 0 Å². The van der Waals surface area contributed by atoms with Crippen LogP contribution in [0.15, 0.2) is 29.3 Å². The first kappa shape index (κ1) is 20.4. The molecule has 7 heteroatoms. The van der Waals surface area contributed by atoms with Crippen molar-refractivity contribution in [2.75, 3.05) is 25.0 Å². The molecule has 2 bridgehead atoms. The van der Waals surface area contributed by atoms with Crippen LogP contribution in [0.1, 0.15) is 37.7 Å². The number of guanidine groups is 1. The Hall–Kier alpha value is -1.35. The van der Waals surface area contributed by atoms with E-state index < -0.39 is 0 Å². The van der Waals surface area contributed by atoms with Crippen molar-refractivity contribution in [2.24, 2.45) is 4.99 Å². The highest BCUT2D eigenvalue weighted by Gasteiger charge is 2.41. The number of fused-ring (bicyclic) bond motifs is 3. The number of carbonyl (C=O) groups excluding carboxylic acids is 1. The summed E-state index contributed by atoms with van der Waals surface area (Å²) in [4.78, 5) is 18.8. The molecule has 3 aliphatic rings. The Bertz CT molecular complexity index is 696. The molecule has 1 aromatic carbocycles. The summed E-state index contributed by atoms with van der Waals surface area (Å²) in [5.74, 6) is 1.02. The van der Waals surface area contributed by atoms with E-state index in [1.165, 1.54) is 12.0 Å². The van der Waals surface area contributed by atoms with Crippen LogP contribution in [0, 0.1) is 0 Å². The third-order valence-electron chi connectivity index (χ3n) is 5.70. The van der Waals surface area contributed by atoms with E-state index in [0.717, 1.165) is 50.4 Å². The van der Waals surface area contributed by atoms with Crippen molar-refractivity contribution < 1.29 is 9.53 Å². The lowest BCUT2D eigenvalue weighted by Gasteiger charge is -2.22. The van der Waals surface area contributed by atoms with Gasteiger partial charge in [-0.05, 0) is 43.7 Å². The summed E-state index contributed by atoms with van der Waals surface area (Å²) in [6, 6.07) is 8.56. The first-order valence-electron chi connectivity index (χ1n) is 9.75. The predicted molar refractivity (Wildman–Crippen MR) is 118 cm³/mol. The van der Waals surface area contributed by atoms with E-state index in [2.05, 4.69) is 21.7 Å². The summed E-state index contributed by atoms with van der Waals surface area (Å²) in [5.41, 5.74) is 2.36. The van der Waals surface area contributed by atoms with Crippen LogP contribution in [-0.4, -0.2) is 50.3 Å². The highest BCUT2D eigenvalue weighted by Crippen LogP contribution is 2.34. The first-order chi connectivity index (χ1) is 12.7. The fourth-order valence-corrected chi connectivity index (χ4v) is 4.34. The van der Waals surface area contributed by atoms with Crippen LogP contribution >= 0.6 is 24.0 Å². The van der Waals surface area contributed by atoms with Gasteiger partial charge >= 0.3 is 0 Å². The summed E-state index contributed by atoms with van der Waals surface area (Å²) in [6.45, 7) is 1.54. The number of aliphatic imine (C=N–C) groups is 1. The Morgan fingerprint density at radius 3 is 2.93 bits per heavy atom. The van der Waals surface area contributed by atoms with Crippen LogP contribution in [-0.2, 0) is 16.0 Å². The van der Waals surface area contributed by atoms with Crippen LogP contribution in [0.3, 0.4) is 0 Å². The van der Waals surface area contributed by atoms with Gasteiger partial charge in [0.05, 0.1) is 18.2 Å². The monoisotopic (exact) mass is 484 g/mol. The van der Waals surface area contributed by atoms with Crippen LogP contribution < -0.4 is 15.5 Å². The standard InChI is InChI=1S/C20H28N4O2.HI/c1-21-20(23-16-13-15-8-9-18(16)26-15)22-11-4-7-19(25)24-12-10-14-5-2-3-6-17(14)24;/h2-3,5-6,15-16,18H,4,7-13H2,1H3,(H2,21,22,23);1H. The molecule has 0 radical (unpaired) electrons. The van der Waals surface area contributed by atoms with E-state index in [-0.39, 0.29) is 29.9 Å². The highest BCUT2D eigenvalue weighted by atomic mass is 127. The lowest BCUT2D eigenvalue weighted by atomic mass is 9.96. The number of carbonyl (C=O) groups is 1. The molecule has 2 fully saturated rings. The molecule has 3 unspecified atom stereocenters. The van der Waals surface area contributed by atoms with Crippen molar-refractivity contribution in [1.29, 1.82) is 0 Å². The number of ether oxygens (including phenoxy) is 1. The summed E-state index contributed by atoms with van der Waals surface area (Å²) < 4.78 is 5.88. The number of hydrogen-bond acceptors (Lipinski definition) is 3. The van der Waals surface area contributed by atoms with Gasteiger partial charge in [0.25, 0.3) is 0 Å². The van der Waals surface area contributed by atoms with Crippen LogP contribution in [0.25, 0.3) is 0 Å². The molecular formula is C20H29IN4O2. The minimum Gasteiger partial charge on any atom is -0.373 e. The van der Waals surface area contributed by atoms with Crippen LogP contribution in [0.4, 0.5) is 5.69 Å². The lowest BCUT2D eigenvalue weighted by Crippen LogP contribution is -2.47. The zero-order chi connectivity index (χ0) is 17.9. The molecule has 6 nitrogen and oxygen atoms in total. The van der Waals surface area contributed by atoms with Crippen molar-refractivity contribution in [2.45, 2.75) is 56.8 Å². The summed E-state index contributed by atoms with van der Waals surface area (Å²) >= 11 is 0. The maximum absolute atomic E-state index is 12.5. The second-order valence-corrected chi connectivity index (χ2v) is 7.39. The minimum atomic E-state index is 0. The second-order valence-electron chi connectivity index (χ2n) is 7.39. The maximum atomic E-state index is 12.5. The zero-order valence-corrected chi connectivity index (χ0v) is 18.1. The molecule has 27 heavy (non-hydrogen) atoms. The van der Waals surface area contributed by atoms with Gasteiger partial charge in [-0.3, -0.25) is 9.79 Å². The molecule has 0 aromatic heterocycles. The number of nitrogens with zero attached hydrogens (tertiary/aromatic N) is 2. The van der Waals surface area contributed by atoms with Gasteiger partial charge in [0, 0.05) is 32.2 Å². The van der Waals surface area contributed by atoms with Gasteiger partial charge in [-0.25, -0.2) is 0 Å². The van der Waals surface area contributed by atoms with Gasteiger partial charge in [0.15, 0.2) is 5.96 Å². The zero-order valence-electron chi connectivity index (χ0n) is 15.8. The molecule has 3 aliphatic heterocycles. The lowest BCUT2D eigenvalue weighted by molar-refractivity contribution is -0.118. The van der Waals surface area contributed by atoms with E-state index in [0.29, 0.717) is 24.7 Å². The number of anilines is 1. The summed E-state index contributed by atoms with van der Waals surface area (Å²) in [6.07, 6.45) is 6.47. The Labute approximate surface area is 178 Å². The molecule has 148 valence electrons. The van der Waals surface area contributed by atoms with E-state index in [4.69, 9.17) is 4.74 Å². The number of para-hydroxylation sites is 1. The largest absolute Gasteiger partial charge is 0.373 e. The van der Waals surface area contributed by atoms with Gasteiger partial charge in [-0.15, -0.1) is 24.0 Å². The fraction of sp³-hybridized carbons (Fsp3) is 0.600. The molecule has 2 saturated heterocycles. The van der Waals surface area contributed by atoms with Crippen molar-refractivity contribution in [3.05, 3.63) is 29.8 Å². The van der Waals surface area contributed by atoms with Crippen molar-refractivity contribution in [1.82, 2.24) is 10.6 Å². The molecule has 0 aliphatic carbocycles. The van der Waals surface area contributed by atoms with Gasteiger partial charge in [-0.2, -0.15) is 0 Å². The second kappa shape index (κ2) is 9.23. The number of benzene rings is 1. The Morgan fingerprint density at radius 1 is 1.33 bits per heavy atom. The molecule has 3 heterocycles. The van der Waals surface area contributed by atoms with E-state index in [1.807, 2.05) is 23.1 Å². The molecule has 1 amide bonds. The number of halogens is 1. The number of rotatable bonds is 5.